The second-order valence-corrected chi connectivity index (χ2v) is 3.40. The monoisotopic (exact) mass is 234 g/mol. The molecule has 1 heterocycles. The highest BCUT2D eigenvalue weighted by molar-refractivity contribution is 7.00. The predicted molar refractivity (Wildman–Crippen MR) is 60.1 cm³/mol. The molecule has 1 aromatic heterocycles. The van der Waals surface area contributed by atoms with Crippen molar-refractivity contribution in [1.82, 2.24) is 8.75 Å². The van der Waals surface area contributed by atoms with Crippen molar-refractivity contribution >= 4 is 34.4 Å². The Kier molecular flexibility index (Phi) is 2.95. The summed E-state index contributed by atoms with van der Waals surface area (Å²) in [5.41, 5.74) is 10.0. The molecule has 7 nitrogen and oxygen atoms in total. The number of carbonyl (C=O) groups is 1. The Bertz CT molecular complexity index is 573. The van der Waals surface area contributed by atoms with Crippen molar-refractivity contribution in [1.29, 1.82) is 0 Å². The fourth-order valence-corrected chi connectivity index (χ4v) is 1.74. The first-order chi connectivity index (χ1) is 7.81. The van der Waals surface area contributed by atoms with Gasteiger partial charge in [0.1, 0.15) is 17.6 Å². The number of amides is 1. The zero-order valence-electron chi connectivity index (χ0n) is 7.99. The number of hydrogen-bond donors (Lipinski definition) is 1. The smallest absolute Gasteiger partial charge is 0.230 e. The van der Waals surface area contributed by atoms with Crippen molar-refractivity contribution in [3.8, 4) is 0 Å². The summed E-state index contributed by atoms with van der Waals surface area (Å²) in [4.78, 5) is 13.8. The van der Waals surface area contributed by atoms with Crippen LogP contribution in [0.3, 0.4) is 0 Å². The highest BCUT2D eigenvalue weighted by atomic mass is 32.1. The third-order valence-corrected chi connectivity index (χ3v) is 2.38. The van der Waals surface area contributed by atoms with Crippen LogP contribution in [0, 0.1) is 0 Å². The van der Waals surface area contributed by atoms with Crippen LogP contribution in [0.1, 0.15) is 0 Å². The van der Waals surface area contributed by atoms with Gasteiger partial charge in [-0.15, -0.1) is 0 Å². The van der Waals surface area contributed by atoms with Crippen molar-refractivity contribution in [2.75, 3.05) is 11.9 Å². The SMILES string of the molecule is [N-]=[N+]=NCC(=O)Nc1cccc2nsnc12. The van der Waals surface area contributed by atoms with Gasteiger partial charge >= 0.3 is 0 Å². The molecule has 0 saturated carbocycles. The third kappa shape index (κ3) is 2.08. The summed E-state index contributed by atoms with van der Waals surface area (Å²) in [5.74, 6) is -0.377. The fourth-order valence-electron chi connectivity index (χ4n) is 1.19. The maximum atomic E-state index is 11.3. The molecule has 2 aromatic rings. The molecular weight excluding hydrogens is 228 g/mol. The molecule has 0 fully saturated rings. The lowest BCUT2D eigenvalue weighted by Crippen LogP contribution is -2.14. The number of anilines is 1. The number of carbonyl (C=O) groups excluding carboxylic acids is 1. The standard InChI is InChI=1S/C8H6N6OS/c9-14-10-4-7(15)11-5-2-1-3-6-8(5)13-16-12-6/h1-3H,4H2,(H,11,15). The zero-order chi connectivity index (χ0) is 11.4. The van der Waals surface area contributed by atoms with Gasteiger partial charge in [0.2, 0.25) is 5.91 Å². The maximum Gasteiger partial charge on any atom is 0.230 e. The number of benzene rings is 1. The Hall–Kier alpha value is -2.18. The van der Waals surface area contributed by atoms with Crippen LogP contribution in [-0.2, 0) is 4.79 Å². The first-order valence-corrected chi connectivity index (χ1v) is 5.06. The maximum absolute atomic E-state index is 11.3. The van der Waals surface area contributed by atoms with E-state index in [9.17, 15) is 4.79 Å². The summed E-state index contributed by atoms with van der Waals surface area (Å²) in [6.07, 6.45) is 0. The molecule has 0 spiro atoms. The Morgan fingerprint density at radius 1 is 1.56 bits per heavy atom. The van der Waals surface area contributed by atoms with Crippen molar-refractivity contribution < 1.29 is 4.79 Å². The van der Waals surface area contributed by atoms with E-state index in [4.69, 9.17) is 5.53 Å². The molecule has 0 aliphatic carbocycles. The molecule has 0 atom stereocenters. The number of aromatic nitrogens is 2. The van der Waals surface area contributed by atoms with Gasteiger partial charge in [-0.2, -0.15) is 8.75 Å². The molecule has 0 bridgehead atoms. The van der Waals surface area contributed by atoms with Crippen LogP contribution in [0.25, 0.3) is 21.5 Å². The molecule has 2 rings (SSSR count). The van der Waals surface area contributed by atoms with E-state index in [1.165, 1.54) is 0 Å². The average Bonchev–Trinajstić information content (AvgIpc) is 2.75. The van der Waals surface area contributed by atoms with Crippen LogP contribution >= 0.6 is 11.7 Å². The topological polar surface area (TPSA) is 104 Å². The minimum atomic E-state index is -0.377. The Morgan fingerprint density at radius 2 is 2.44 bits per heavy atom. The molecule has 0 radical (unpaired) electrons. The van der Waals surface area contributed by atoms with Crippen molar-refractivity contribution in [3.05, 3.63) is 28.6 Å². The number of nitrogens with one attached hydrogen (secondary N) is 1. The van der Waals surface area contributed by atoms with Gasteiger partial charge < -0.3 is 5.32 Å². The summed E-state index contributed by atoms with van der Waals surface area (Å²) in [6, 6.07) is 5.30. The fraction of sp³-hybridized carbons (Fsp3) is 0.125. The van der Waals surface area contributed by atoms with Crippen LogP contribution < -0.4 is 5.32 Å². The first kappa shape index (κ1) is 10.3. The predicted octanol–water partition coefficient (Wildman–Crippen LogP) is 1.94. The second-order valence-electron chi connectivity index (χ2n) is 2.87. The summed E-state index contributed by atoms with van der Waals surface area (Å²) in [6.45, 7) is -0.232. The molecule has 1 amide bonds. The largest absolute Gasteiger partial charge is 0.324 e. The van der Waals surface area contributed by atoms with Gasteiger partial charge in [0.15, 0.2) is 0 Å². The number of nitrogens with zero attached hydrogens (tertiary/aromatic N) is 5. The van der Waals surface area contributed by atoms with Crippen LogP contribution in [0.4, 0.5) is 5.69 Å². The van der Waals surface area contributed by atoms with E-state index < -0.39 is 0 Å². The average molecular weight is 234 g/mol. The summed E-state index contributed by atoms with van der Waals surface area (Å²) >= 11 is 1.08. The van der Waals surface area contributed by atoms with Gasteiger partial charge in [0.05, 0.1) is 17.4 Å². The third-order valence-electron chi connectivity index (χ3n) is 1.84. The van der Waals surface area contributed by atoms with Crippen molar-refractivity contribution in [3.63, 3.8) is 0 Å². The van der Waals surface area contributed by atoms with Crippen LogP contribution in [-0.4, -0.2) is 21.2 Å². The van der Waals surface area contributed by atoms with Crippen LogP contribution in [0.15, 0.2) is 23.3 Å². The van der Waals surface area contributed by atoms with Gasteiger partial charge in [-0.25, -0.2) is 0 Å². The van der Waals surface area contributed by atoms with Crippen LogP contribution in [0.5, 0.6) is 0 Å². The Morgan fingerprint density at radius 3 is 3.25 bits per heavy atom. The number of fused-ring (bicyclic) bond motifs is 1. The molecule has 0 saturated heterocycles. The molecule has 1 aromatic carbocycles. The van der Waals surface area contributed by atoms with E-state index in [1.54, 1.807) is 12.1 Å². The van der Waals surface area contributed by atoms with Gasteiger partial charge in [-0.05, 0) is 17.7 Å². The van der Waals surface area contributed by atoms with Crippen LogP contribution in [0.2, 0.25) is 0 Å². The molecule has 16 heavy (non-hydrogen) atoms. The van der Waals surface area contributed by atoms with Gasteiger partial charge in [-0.1, -0.05) is 11.2 Å². The number of rotatable bonds is 3. The Labute approximate surface area is 94.0 Å². The second kappa shape index (κ2) is 4.56. The summed E-state index contributed by atoms with van der Waals surface area (Å²) in [7, 11) is 0. The van der Waals surface area contributed by atoms with E-state index in [0.29, 0.717) is 11.2 Å². The molecular formula is C8H6N6OS. The first-order valence-electron chi connectivity index (χ1n) is 4.33. The molecule has 80 valence electrons. The summed E-state index contributed by atoms with van der Waals surface area (Å²) < 4.78 is 8.11. The van der Waals surface area contributed by atoms with Gasteiger partial charge in [-0.3, -0.25) is 4.79 Å². The van der Waals surface area contributed by atoms with Crippen molar-refractivity contribution in [2.45, 2.75) is 0 Å². The zero-order valence-corrected chi connectivity index (χ0v) is 8.81. The Balaban J connectivity index is 2.23. The minimum Gasteiger partial charge on any atom is -0.324 e. The van der Waals surface area contributed by atoms with E-state index >= 15 is 0 Å². The van der Waals surface area contributed by atoms with E-state index in [2.05, 4.69) is 24.1 Å². The molecule has 8 heteroatoms. The quantitative estimate of drug-likeness (QED) is 0.498. The van der Waals surface area contributed by atoms with E-state index in [0.717, 1.165) is 17.2 Å². The normalized spacial score (nSPS) is 9.75. The molecule has 0 unspecified atom stereocenters. The minimum absolute atomic E-state index is 0.232. The van der Waals surface area contributed by atoms with E-state index in [-0.39, 0.29) is 12.5 Å². The number of azide groups is 1. The molecule has 1 N–H and O–H groups in total. The highest BCUT2D eigenvalue weighted by Gasteiger charge is 2.07. The summed E-state index contributed by atoms with van der Waals surface area (Å²) in [5, 5.41) is 5.78. The van der Waals surface area contributed by atoms with Gasteiger partial charge in [0, 0.05) is 4.91 Å². The van der Waals surface area contributed by atoms with Crippen molar-refractivity contribution in [2.24, 2.45) is 5.11 Å². The lowest BCUT2D eigenvalue weighted by molar-refractivity contribution is -0.114. The van der Waals surface area contributed by atoms with Gasteiger partial charge in [0.25, 0.3) is 0 Å². The highest BCUT2D eigenvalue weighted by Crippen LogP contribution is 2.20. The lowest BCUT2D eigenvalue weighted by Gasteiger charge is -2.02. The number of hydrogen-bond acceptors (Lipinski definition) is 5. The molecule has 0 aliphatic rings. The lowest BCUT2D eigenvalue weighted by atomic mass is 10.2. The molecule has 0 aliphatic heterocycles. The van der Waals surface area contributed by atoms with E-state index in [1.807, 2.05) is 6.07 Å².